The van der Waals surface area contributed by atoms with Crippen LogP contribution in [0.25, 0.3) is 0 Å². The summed E-state index contributed by atoms with van der Waals surface area (Å²) in [6.45, 7) is 4.13. The molecule has 1 atom stereocenters. The van der Waals surface area contributed by atoms with Crippen molar-refractivity contribution in [3.63, 3.8) is 0 Å². The van der Waals surface area contributed by atoms with Crippen molar-refractivity contribution in [2.75, 3.05) is 0 Å². The molecule has 0 aliphatic rings. The second-order valence-corrected chi connectivity index (χ2v) is 7.16. The summed E-state index contributed by atoms with van der Waals surface area (Å²) < 4.78 is 5.83. The third-order valence-electron chi connectivity index (χ3n) is 4.72. The Morgan fingerprint density at radius 3 is 2.50 bits per heavy atom. The molecule has 0 spiro atoms. The first kappa shape index (κ1) is 20.3. The van der Waals surface area contributed by atoms with Gasteiger partial charge in [0.05, 0.1) is 12.2 Å². The number of hydrogen-bond acceptors (Lipinski definition) is 4. The molecular weight excluding hydrogens is 328 g/mol. The highest BCUT2D eigenvalue weighted by atomic mass is 16.5. The third-order valence-corrected chi connectivity index (χ3v) is 4.72. The van der Waals surface area contributed by atoms with Crippen LogP contribution in [0.4, 0.5) is 0 Å². The van der Waals surface area contributed by atoms with E-state index in [1.807, 2.05) is 38.1 Å². The van der Waals surface area contributed by atoms with Crippen LogP contribution in [0.2, 0.25) is 0 Å². The zero-order valence-electron chi connectivity index (χ0n) is 15.7. The number of phenolic OH excluding ortho intramolecular Hbond substituents is 1. The number of phenols is 1. The highest BCUT2D eigenvalue weighted by Gasteiger charge is 2.16. The Kier molecular flexibility index (Phi) is 7.49. The van der Waals surface area contributed by atoms with Crippen molar-refractivity contribution in [3.8, 4) is 11.5 Å². The summed E-state index contributed by atoms with van der Waals surface area (Å²) in [5.74, 6) is 0.920. The van der Waals surface area contributed by atoms with Crippen LogP contribution in [0.3, 0.4) is 0 Å². The zero-order valence-corrected chi connectivity index (χ0v) is 15.7. The maximum atomic E-state index is 10.0. The summed E-state index contributed by atoms with van der Waals surface area (Å²) >= 11 is 0. The van der Waals surface area contributed by atoms with Gasteiger partial charge in [0.1, 0.15) is 18.1 Å². The second-order valence-electron chi connectivity index (χ2n) is 7.16. The lowest BCUT2D eigenvalue weighted by molar-refractivity contribution is 0.0444. The Morgan fingerprint density at radius 1 is 1.00 bits per heavy atom. The van der Waals surface area contributed by atoms with Gasteiger partial charge >= 0.3 is 0 Å². The number of unbranched alkanes of at least 4 members (excludes halogenated alkanes) is 1. The Balaban J connectivity index is 1.86. The highest BCUT2D eigenvalue weighted by Crippen LogP contribution is 2.21. The zero-order chi connectivity index (χ0) is 19.0. The van der Waals surface area contributed by atoms with Crippen molar-refractivity contribution in [1.29, 1.82) is 0 Å². The van der Waals surface area contributed by atoms with Crippen molar-refractivity contribution in [2.45, 2.75) is 64.8 Å². The van der Waals surface area contributed by atoms with Crippen molar-refractivity contribution in [1.82, 2.24) is 0 Å². The molecule has 26 heavy (non-hydrogen) atoms. The number of ether oxygens (including phenoxy) is 1. The summed E-state index contributed by atoms with van der Waals surface area (Å²) in [4.78, 5) is 0. The Morgan fingerprint density at radius 2 is 1.77 bits per heavy atom. The van der Waals surface area contributed by atoms with Crippen molar-refractivity contribution >= 4 is 0 Å². The summed E-state index contributed by atoms with van der Waals surface area (Å²) in [5.41, 5.74) is 2.15. The highest BCUT2D eigenvalue weighted by molar-refractivity contribution is 5.34. The smallest absolute Gasteiger partial charge is 0.120 e. The average molecular weight is 358 g/mol. The molecule has 0 amide bonds. The van der Waals surface area contributed by atoms with Gasteiger partial charge in [0.25, 0.3) is 0 Å². The topological polar surface area (TPSA) is 69.9 Å². The second kappa shape index (κ2) is 9.60. The number of hydrogen-bond donors (Lipinski definition) is 3. The van der Waals surface area contributed by atoms with Gasteiger partial charge in [-0.3, -0.25) is 0 Å². The molecule has 4 nitrogen and oxygen atoms in total. The van der Waals surface area contributed by atoms with Crippen LogP contribution in [0.1, 0.15) is 56.2 Å². The maximum absolute atomic E-state index is 10.0. The first-order valence-corrected chi connectivity index (χ1v) is 9.28. The summed E-state index contributed by atoms with van der Waals surface area (Å²) in [5, 5.41) is 28.9. The van der Waals surface area contributed by atoms with E-state index in [0.29, 0.717) is 12.2 Å². The lowest BCUT2D eigenvalue weighted by Crippen LogP contribution is -2.22. The molecular formula is C22H30O4. The van der Waals surface area contributed by atoms with Crippen LogP contribution < -0.4 is 4.74 Å². The first-order chi connectivity index (χ1) is 12.4. The lowest BCUT2D eigenvalue weighted by atomic mass is 9.95. The van der Waals surface area contributed by atoms with E-state index in [1.54, 1.807) is 12.1 Å². The molecule has 0 heterocycles. The Bertz CT molecular complexity index is 694. The minimum absolute atomic E-state index is 0.109. The predicted octanol–water partition coefficient (Wildman–Crippen LogP) is 4.34. The summed E-state index contributed by atoms with van der Waals surface area (Å²) in [6, 6.07) is 13.0. The number of aliphatic hydroxyl groups excluding tert-OH is 1. The van der Waals surface area contributed by atoms with E-state index in [4.69, 9.17) is 4.74 Å². The van der Waals surface area contributed by atoms with E-state index in [-0.39, 0.29) is 12.4 Å². The maximum Gasteiger partial charge on any atom is 0.120 e. The van der Waals surface area contributed by atoms with Crippen LogP contribution in [-0.4, -0.2) is 20.9 Å². The van der Waals surface area contributed by atoms with Crippen molar-refractivity contribution in [3.05, 3.63) is 59.2 Å². The fourth-order valence-corrected chi connectivity index (χ4v) is 2.89. The minimum atomic E-state index is -0.556. The summed E-state index contributed by atoms with van der Waals surface area (Å²) in [7, 11) is 0. The van der Waals surface area contributed by atoms with Gasteiger partial charge < -0.3 is 20.1 Å². The molecule has 0 saturated carbocycles. The minimum Gasteiger partial charge on any atom is -0.508 e. The molecule has 142 valence electrons. The fourth-order valence-electron chi connectivity index (χ4n) is 2.89. The number of aromatic hydroxyl groups is 1. The molecule has 0 saturated heterocycles. The van der Waals surface area contributed by atoms with Crippen LogP contribution in [-0.2, 0) is 19.6 Å². The number of aryl methyl sites for hydroxylation is 1. The van der Waals surface area contributed by atoms with Gasteiger partial charge in [-0.25, -0.2) is 0 Å². The predicted molar refractivity (Wildman–Crippen MR) is 103 cm³/mol. The van der Waals surface area contributed by atoms with Gasteiger partial charge in [-0.1, -0.05) is 25.5 Å². The first-order valence-electron chi connectivity index (χ1n) is 9.28. The fraction of sp³-hybridized carbons (Fsp3) is 0.455. The van der Waals surface area contributed by atoms with E-state index < -0.39 is 5.60 Å². The molecule has 0 aromatic heterocycles. The SMILES string of the molecule is CCC(C)(O)CCCCc1cccc(OCc2cc(O)cc(CO)c2)c1. The molecule has 0 bridgehead atoms. The molecule has 2 rings (SSSR count). The van der Waals surface area contributed by atoms with E-state index in [1.165, 1.54) is 5.56 Å². The molecule has 0 aliphatic heterocycles. The normalized spacial score (nSPS) is 13.4. The van der Waals surface area contributed by atoms with Gasteiger partial charge in [0.15, 0.2) is 0 Å². The number of benzene rings is 2. The third kappa shape index (κ3) is 6.70. The van der Waals surface area contributed by atoms with E-state index in [0.717, 1.165) is 43.4 Å². The van der Waals surface area contributed by atoms with E-state index in [2.05, 4.69) is 6.07 Å². The van der Waals surface area contributed by atoms with Gasteiger partial charge in [-0.15, -0.1) is 0 Å². The van der Waals surface area contributed by atoms with Gasteiger partial charge in [0.2, 0.25) is 0 Å². The Labute approximate surface area is 156 Å². The van der Waals surface area contributed by atoms with Crippen LogP contribution in [0.15, 0.2) is 42.5 Å². The molecule has 1 unspecified atom stereocenters. The monoisotopic (exact) mass is 358 g/mol. The molecule has 2 aromatic rings. The lowest BCUT2D eigenvalue weighted by Gasteiger charge is -2.20. The number of aliphatic hydroxyl groups is 2. The standard InChI is InChI=1S/C22H30O4/c1-3-22(2,25)10-5-4-7-17-8-6-9-21(14-17)26-16-19-11-18(15-23)12-20(24)13-19/h6,8-9,11-14,23-25H,3-5,7,10,15-16H2,1-2H3. The van der Waals surface area contributed by atoms with Gasteiger partial charge in [0, 0.05) is 0 Å². The quantitative estimate of drug-likeness (QED) is 0.553. The van der Waals surface area contributed by atoms with Crippen LogP contribution >= 0.6 is 0 Å². The molecule has 3 N–H and O–H groups in total. The molecule has 0 aliphatic carbocycles. The average Bonchev–Trinajstić information content (AvgIpc) is 2.63. The molecule has 4 heteroatoms. The largest absolute Gasteiger partial charge is 0.508 e. The van der Waals surface area contributed by atoms with Crippen molar-refractivity contribution < 1.29 is 20.1 Å². The van der Waals surface area contributed by atoms with E-state index >= 15 is 0 Å². The van der Waals surface area contributed by atoms with Gasteiger partial charge in [-0.2, -0.15) is 0 Å². The summed E-state index contributed by atoms with van der Waals surface area (Å²) in [6.07, 6.45) is 4.59. The van der Waals surface area contributed by atoms with Gasteiger partial charge in [-0.05, 0) is 79.6 Å². The Hall–Kier alpha value is -2.04. The van der Waals surface area contributed by atoms with Crippen molar-refractivity contribution in [2.24, 2.45) is 0 Å². The molecule has 0 fully saturated rings. The van der Waals surface area contributed by atoms with Crippen LogP contribution in [0.5, 0.6) is 11.5 Å². The van der Waals surface area contributed by atoms with E-state index in [9.17, 15) is 15.3 Å². The molecule has 0 radical (unpaired) electrons. The van der Waals surface area contributed by atoms with Crippen LogP contribution in [0, 0.1) is 0 Å². The molecule has 2 aromatic carbocycles. The number of rotatable bonds is 10.